The molecule has 154 valence electrons. The maximum Gasteiger partial charge on any atom is 0.271 e. The molecule has 0 spiro atoms. The number of hydrogen-bond donors (Lipinski definition) is 1. The van der Waals surface area contributed by atoms with E-state index in [1.807, 2.05) is 31.2 Å². The van der Waals surface area contributed by atoms with Crippen molar-refractivity contribution in [1.82, 2.24) is 15.4 Å². The molecule has 7 nitrogen and oxygen atoms in total. The molecule has 0 atom stereocenters. The highest BCUT2D eigenvalue weighted by atomic mass is 32.2. The number of carbonyl (C=O) groups is 1. The average Bonchev–Trinajstić information content (AvgIpc) is 2.81. The molecule has 0 saturated heterocycles. The molecule has 0 unspecified atom stereocenters. The molecule has 2 aromatic carbocycles. The number of thioether (sulfide) groups is 1. The van der Waals surface area contributed by atoms with Crippen LogP contribution in [-0.2, 0) is 5.75 Å². The van der Waals surface area contributed by atoms with Gasteiger partial charge >= 0.3 is 0 Å². The Hall–Kier alpha value is -3.39. The topological polar surface area (TPSA) is 85.7 Å². The summed E-state index contributed by atoms with van der Waals surface area (Å²) in [5.41, 5.74) is 5.68. The normalized spacial score (nSPS) is 11.1. The standard InChI is InChI=1S/C22H22N4O3S/c1-15(18-9-10-19(28-2)20(13-18)29-3)25-26-21(27)17-7-5-16(6-8-17)14-30-22-23-11-4-12-24-22/h4-13H,14H2,1-3H3,(H,26,27). The van der Waals surface area contributed by atoms with Crippen molar-refractivity contribution < 1.29 is 14.3 Å². The van der Waals surface area contributed by atoms with Gasteiger partial charge in [0.2, 0.25) is 0 Å². The zero-order valence-corrected chi connectivity index (χ0v) is 17.8. The number of nitrogens with one attached hydrogen (secondary N) is 1. The van der Waals surface area contributed by atoms with Crippen LogP contribution in [0.1, 0.15) is 28.4 Å². The molecule has 3 aromatic rings. The lowest BCUT2D eigenvalue weighted by Gasteiger charge is -2.09. The molecule has 1 aromatic heterocycles. The van der Waals surface area contributed by atoms with Gasteiger partial charge in [0.25, 0.3) is 5.91 Å². The van der Waals surface area contributed by atoms with Crippen molar-refractivity contribution in [1.29, 1.82) is 0 Å². The van der Waals surface area contributed by atoms with Crippen molar-refractivity contribution in [3.63, 3.8) is 0 Å². The van der Waals surface area contributed by atoms with Crippen molar-refractivity contribution in [2.24, 2.45) is 5.10 Å². The molecule has 0 radical (unpaired) electrons. The van der Waals surface area contributed by atoms with E-state index in [-0.39, 0.29) is 5.91 Å². The van der Waals surface area contributed by atoms with E-state index in [4.69, 9.17) is 9.47 Å². The molecule has 3 rings (SSSR count). The molecule has 0 saturated carbocycles. The van der Waals surface area contributed by atoms with Crippen LogP contribution in [0.3, 0.4) is 0 Å². The third kappa shape index (κ3) is 5.57. The maximum absolute atomic E-state index is 12.4. The fraction of sp³-hybridized carbons (Fsp3) is 0.182. The van der Waals surface area contributed by atoms with E-state index >= 15 is 0 Å². The molecule has 0 fully saturated rings. The number of ether oxygens (including phenoxy) is 2. The van der Waals surface area contributed by atoms with Gasteiger partial charge in [-0.3, -0.25) is 4.79 Å². The molecule has 1 heterocycles. The zero-order valence-electron chi connectivity index (χ0n) is 17.0. The Bertz CT molecular complexity index is 1020. The number of benzene rings is 2. The monoisotopic (exact) mass is 422 g/mol. The highest BCUT2D eigenvalue weighted by molar-refractivity contribution is 7.98. The van der Waals surface area contributed by atoms with E-state index in [1.54, 1.807) is 62.6 Å². The second kappa shape index (κ2) is 10.4. The molecule has 0 aliphatic carbocycles. The number of hydrazone groups is 1. The lowest BCUT2D eigenvalue weighted by atomic mass is 10.1. The third-order valence-corrected chi connectivity index (χ3v) is 5.20. The minimum Gasteiger partial charge on any atom is -0.493 e. The molecule has 0 aliphatic heterocycles. The minimum atomic E-state index is -0.277. The van der Waals surface area contributed by atoms with E-state index in [0.29, 0.717) is 22.8 Å². The average molecular weight is 423 g/mol. The Balaban J connectivity index is 1.60. The van der Waals surface area contributed by atoms with Gasteiger partial charge in [-0.15, -0.1) is 0 Å². The molecule has 1 amide bonds. The predicted molar refractivity (Wildman–Crippen MR) is 117 cm³/mol. The molecule has 8 heteroatoms. The van der Waals surface area contributed by atoms with Gasteiger partial charge in [0.05, 0.1) is 19.9 Å². The first kappa shape index (κ1) is 21.3. The summed E-state index contributed by atoms with van der Waals surface area (Å²) in [4.78, 5) is 20.8. The summed E-state index contributed by atoms with van der Waals surface area (Å²) in [6.45, 7) is 1.81. The first-order valence-electron chi connectivity index (χ1n) is 9.16. The highest BCUT2D eigenvalue weighted by Gasteiger charge is 2.08. The van der Waals surface area contributed by atoms with Gasteiger partial charge in [-0.05, 0) is 48.9 Å². The van der Waals surface area contributed by atoms with E-state index in [9.17, 15) is 4.79 Å². The minimum absolute atomic E-state index is 0.277. The van der Waals surface area contributed by atoms with Crippen LogP contribution in [-0.4, -0.2) is 35.8 Å². The first-order chi connectivity index (χ1) is 14.6. The highest BCUT2D eigenvalue weighted by Crippen LogP contribution is 2.27. The van der Waals surface area contributed by atoms with E-state index in [1.165, 1.54) is 0 Å². The largest absolute Gasteiger partial charge is 0.493 e. The summed E-state index contributed by atoms with van der Waals surface area (Å²) >= 11 is 1.54. The van der Waals surface area contributed by atoms with Gasteiger partial charge in [0, 0.05) is 29.3 Å². The Morgan fingerprint density at radius 2 is 1.67 bits per heavy atom. The molecule has 30 heavy (non-hydrogen) atoms. The fourth-order valence-electron chi connectivity index (χ4n) is 2.59. The summed E-state index contributed by atoms with van der Waals surface area (Å²) < 4.78 is 10.5. The Labute approximate surface area is 179 Å². The predicted octanol–water partition coefficient (Wildman–Crippen LogP) is 3.94. The number of amides is 1. The van der Waals surface area contributed by atoms with Crippen molar-refractivity contribution in [3.8, 4) is 11.5 Å². The second-order valence-corrected chi connectivity index (χ2v) is 7.17. The van der Waals surface area contributed by atoms with Gasteiger partial charge < -0.3 is 9.47 Å². The molecular formula is C22H22N4O3S. The van der Waals surface area contributed by atoms with Gasteiger partial charge in [0.15, 0.2) is 16.7 Å². The first-order valence-corrected chi connectivity index (χ1v) is 10.1. The summed E-state index contributed by atoms with van der Waals surface area (Å²) in [7, 11) is 3.16. The van der Waals surface area contributed by atoms with E-state index < -0.39 is 0 Å². The number of rotatable bonds is 8. The van der Waals surface area contributed by atoms with Crippen molar-refractivity contribution in [2.45, 2.75) is 17.8 Å². The van der Waals surface area contributed by atoms with Crippen molar-refractivity contribution in [3.05, 3.63) is 77.6 Å². The van der Waals surface area contributed by atoms with Gasteiger partial charge in [0.1, 0.15) is 0 Å². The molecule has 0 aliphatic rings. The van der Waals surface area contributed by atoms with E-state index in [0.717, 1.165) is 22.0 Å². The fourth-order valence-corrected chi connectivity index (χ4v) is 3.34. The Morgan fingerprint density at radius 1 is 1.00 bits per heavy atom. The van der Waals surface area contributed by atoms with Crippen LogP contribution >= 0.6 is 11.8 Å². The zero-order chi connectivity index (χ0) is 21.3. The Kier molecular flexibility index (Phi) is 7.40. The summed E-state index contributed by atoms with van der Waals surface area (Å²) in [6.07, 6.45) is 3.43. The SMILES string of the molecule is COc1ccc(C(C)=NNC(=O)c2ccc(CSc3ncccn3)cc2)cc1OC. The quantitative estimate of drug-likeness (QED) is 0.256. The lowest BCUT2D eigenvalue weighted by Crippen LogP contribution is -2.19. The summed E-state index contributed by atoms with van der Waals surface area (Å²) in [5.74, 6) is 1.68. The Morgan fingerprint density at radius 3 is 2.33 bits per heavy atom. The van der Waals surface area contributed by atoms with E-state index in [2.05, 4.69) is 20.5 Å². The second-order valence-electron chi connectivity index (χ2n) is 6.22. The lowest BCUT2D eigenvalue weighted by molar-refractivity contribution is 0.0955. The van der Waals surface area contributed by atoms with Crippen LogP contribution in [0.15, 0.2) is 71.2 Å². The maximum atomic E-state index is 12.4. The van der Waals surface area contributed by atoms with Crippen LogP contribution in [0.4, 0.5) is 0 Å². The van der Waals surface area contributed by atoms with Gasteiger partial charge in [-0.25, -0.2) is 15.4 Å². The van der Waals surface area contributed by atoms with Gasteiger partial charge in [-0.2, -0.15) is 5.10 Å². The number of nitrogens with zero attached hydrogens (tertiary/aromatic N) is 3. The molecule has 1 N–H and O–H groups in total. The third-order valence-electron chi connectivity index (χ3n) is 4.25. The number of methoxy groups -OCH3 is 2. The van der Waals surface area contributed by atoms with Crippen LogP contribution in [0.25, 0.3) is 0 Å². The summed E-state index contributed by atoms with van der Waals surface area (Å²) in [5, 5.41) is 4.92. The number of hydrogen-bond acceptors (Lipinski definition) is 7. The van der Waals surface area contributed by atoms with Crippen molar-refractivity contribution >= 4 is 23.4 Å². The number of carbonyl (C=O) groups excluding carboxylic acids is 1. The smallest absolute Gasteiger partial charge is 0.271 e. The molecular weight excluding hydrogens is 400 g/mol. The van der Waals surface area contributed by atoms with Crippen molar-refractivity contribution in [2.75, 3.05) is 14.2 Å². The van der Waals surface area contributed by atoms with Gasteiger partial charge in [-0.1, -0.05) is 23.9 Å². The number of aromatic nitrogens is 2. The molecule has 0 bridgehead atoms. The van der Waals surface area contributed by atoms with Crippen LogP contribution in [0.5, 0.6) is 11.5 Å². The summed E-state index contributed by atoms with van der Waals surface area (Å²) in [6, 6.07) is 14.6. The van der Waals surface area contributed by atoms with Crippen LogP contribution in [0, 0.1) is 0 Å². The van der Waals surface area contributed by atoms with Crippen LogP contribution < -0.4 is 14.9 Å². The van der Waals surface area contributed by atoms with Crippen LogP contribution in [0.2, 0.25) is 0 Å².